The number of methoxy groups -OCH3 is 1. The van der Waals surface area contributed by atoms with Gasteiger partial charge in [-0.25, -0.2) is 0 Å². The number of ether oxygens (including phenoxy) is 1. The highest BCUT2D eigenvalue weighted by Gasteiger charge is 2.39. The predicted molar refractivity (Wildman–Crippen MR) is 117 cm³/mol. The van der Waals surface area contributed by atoms with Crippen molar-refractivity contribution in [3.05, 3.63) is 64.9 Å². The molecule has 0 radical (unpaired) electrons. The average molecular weight is 416 g/mol. The molecule has 4 aliphatic rings. The molecule has 31 heavy (non-hydrogen) atoms. The van der Waals surface area contributed by atoms with Crippen molar-refractivity contribution in [1.82, 2.24) is 9.80 Å². The fraction of sp³-hybridized carbons (Fsp3) is 0.320. The summed E-state index contributed by atoms with van der Waals surface area (Å²) in [5.74, 6) is -0.601. The van der Waals surface area contributed by atoms with Gasteiger partial charge < -0.3 is 14.5 Å². The van der Waals surface area contributed by atoms with Crippen molar-refractivity contribution in [1.29, 1.82) is 0 Å². The minimum absolute atomic E-state index is 0.0795. The van der Waals surface area contributed by atoms with Crippen LogP contribution in [0.5, 0.6) is 0 Å². The van der Waals surface area contributed by atoms with Gasteiger partial charge >= 0.3 is 5.97 Å². The van der Waals surface area contributed by atoms with Gasteiger partial charge in [-0.2, -0.15) is 0 Å². The molecule has 0 N–H and O–H groups in total. The molecule has 2 amide bonds. The fourth-order valence-corrected chi connectivity index (χ4v) is 4.91. The summed E-state index contributed by atoms with van der Waals surface area (Å²) < 4.78 is 4.71. The molecule has 0 aromatic heterocycles. The van der Waals surface area contributed by atoms with Crippen LogP contribution in [0, 0.1) is 0 Å². The Morgan fingerprint density at radius 3 is 2.74 bits per heavy atom. The number of benzene rings is 2. The zero-order valence-electron chi connectivity index (χ0n) is 17.5. The molecule has 2 bridgehead atoms. The van der Waals surface area contributed by atoms with Gasteiger partial charge in [-0.05, 0) is 46.7 Å². The van der Waals surface area contributed by atoms with Crippen molar-refractivity contribution in [2.75, 3.05) is 20.2 Å². The van der Waals surface area contributed by atoms with Crippen LogP contribution in [0.15, 0.2) is 53.7 Å². The molecule has 6 heteroatoms. The van der Waals surface area contributed by atoms with Crippen LogP contribution < -0.4 is 0 Å². The molecule has 158 valence electrons. The third-order valence-electron chi connectivity index (χ3n) is 6.48. The van der Waals surface area contributed by atoms with E-state index in [9.17, 15) is 14.4 Å². The topological polar surface area (TPSA) is 66.9 Å². The largest absolute Gasteiger partial charge is 0.469 e. The summed E-state index contributed by atoms with van der Waals surface area (Å²) in [5.41, 5.74) is 4.27. The van der Waals surface area contributed by atoms with E-state index in [0.29, 0.717) is 43.7 Å². The first-order chi connectivity index (χ1) is 15.1. The monoisotopic (exact) mass is 416 g/mol. The summed E-state index contributed by atoms with van der Waals surface area (Å²) in [6.07, 6.45) is 3.76. The SMILES string of the molecule is COC(=O)CCC1=CCCN(C2=C3CCN(Cc4c3ccc3ccccc43)C2=O)C1=O. The second kappa shape index (κ2) is 7.69. The van der Waals surface area contributed by atoms with Crippen LogP contribution >= 0.6 is 0 Å². The third kappa shape index (κ3) is 3.23. The van der Waals surface area contributed by atoms with E-state index >= 15 is 0 Å². The van der Waals surface area contributed by atoms with E-state index in [0.717, 1.165) is 33.9 Å². The lowest BCUT2D eigenvalue weighted by molar-refractivity contribution is -0.140. The lowest BCUT2D eigenvalue weighted by Crippen LogP contribution is -2.45. The Hall–Kier alpha value is -3.41. The van der Waals surface area contributed by atoms with E-state index in [-0.39, 0.29) is 24.2 Å². The van der Waals surface area contributed by atoms with Crippen molar-refractivity contribution in [2.45, 2.75) is 32.2 Å². The Morgan fingerprint density at radius 2 is 1.90 bits per heavy atom. The van der Waals surface area contributed by atoms with Crippen LogP contribution in [0.1, 0.15) is 36.8 Å². The van der Waals surface area contributed by atoms with Gasteiger partial charge in [-0.1, -0.05) is 42.5 Å². The number of rotatable bonds is 4. The predicted octanol–water partition coefficient (Wildman–Crippen LogP) is 3.41. The molecule has 0 saturated carbocycles. The van der Waals surface area contributed by atoms with Gasteiger partial charge in [0.1, 0.15) is 5.70 Å². The number of carbonyl (C=O) groups is 3. The lowest BCUT2D eigenvalue weighted by atomic mass is 9.91. The zero-order valence-corrected chi connectivity index (χ0v) is 17.5. The number of nitrogens with zero attached hydrogens (tertiary/aromatic N) is 2. The van der Waals surface area contributed by atoms with E-state index in [4.69, 9.17) is 4.74 Å². The molecule has 6 rings (SSSR count). The van der Waals surface area contributed by atoms with Crippen molar-refractivity contribution in [2.24, 2.45) is 0 Å². The molecule has 0 atom stereocenters. The van der Waals surface area contributed by atoms with Gasteiger partial charge in [-0.15, -0.1) is 0 Å². The van der Waals surface area contributed by atoms with Gasteiger partial charge in [0, 0.05) is 31.6 Å². The highest BCUT2D eigenvalue weighted by Crippen LogP contribution is 2.40. The summed E-state index contributed by atoms with van der Waals surface area (Å²) in [6, 6.07) is 12.4. The smallest absolute Gasteiger partial charge is 0.305 e. The molecular weight excluding hydrogens is 392 g/mol. The third-order valence-corrected chi connectivity index (χ3v) is 6.48. The summed E-state index contributed by atoms with van der Waals surface area (Å²) in [4.78, 5) is 41.8. The zero-order chi connectivity index (χ0) is 21.5. The number of fused-ring (bicyclic) bond motifs is 3. The van der Waals surface area contributed by atoms with E-state index < -0.39 is 0 Å². The van der Waals surface area contributed by atoms with Crippen molar-refractivity contribution < 1.29 is 19.1 Å². The number of esters is 1. The van der Waals surface area contributed by atoms with Crippen molar-refractivity contribution in [3.8, 4) is 0 Å². The van der Waals surface area contributed by atoms with Gasteiger partial charge in [-0.3, -0.25) is 14.4 Å². The first-order valence-electron chi connectivity index (χ1n) is 10.7. The van der Waals surface area contributed by atoms with Gasteiger partial charge in [0.15, 0.2) is 0 Å². The number of hydrogen-bond acceptors (Lipinski definition) is 4. The number of hydrogen-bond donors (Lipinski definition) is 0. The normalized spacial score (nSPS) is 18.3. The Morgan fingerprint density at radius 1 is 1.06 bits per heavy atom. The number of amides is 2. The first-order valence-corrected chi connectivity index (χ1v) is 10.7. The Balaban J connectivity index is 1.57. The first kappa shape index (κ1) is 19.5. The molecular formula is C25H24N2O4. The van der Waals surface area contributed by atoms with Crippen LogP contribution in [0.2, 0.25) is 0 Å². The molecule has 2 aromatic carbocycles. The van der Waals surface area contributed by atoms with E-state index in [2.05, 4.69) is 24.3 Å². The Bertz CT molecular complexity index is 1180. The van der Waals surface area contributed by atoms with Gasteiger partial charge in [0.2, 0.25) is 0 Å². The molecule has 0 unspecified atom stereocenters. The summed E-state index contributed by atoms with van der Waals surface area (Å²) in [7, 11) is 1.34. The molecule has 4 heterocycles. The van der Waals surface area contributed by atoms with Crippen LogP contribution in [0.3, 0.4) is 0 Å². The second-order valence-electron chi connectivity index (χ2n) is 8.17. The lowest BCUT2D eigenvalue weighted by Gasteiger charge is -2.35. The maximum atomic E-state index is 13.5. The summed E-state index contributed by atoms with van der Waals surface area (Å²) >= 11 is 0. The highest BCUT2D eigenvalue weighted by atomic mass is 16.5. The molecule has 0 spiro atoms. The van der Waals surface area contributed by atoms with E-state index in [1.807, 2.05) is 23.1 Å². The van der Waals surface area contributed by atoms with E-state index in [1.165, 1.54) is 7.11 Å². The number of carbonyl (C=O) groups excluding carboxylic acids is 3. The minimum atomic E-state index is -0.343. The summed E-state index contributed by atoms with van der Waals surface area (Å²) in [5, 5.41) is 2.31. The maximum Gasteiger partial charge on any atom is 0.305 e. The van der Waals surface area contributed by atoms with Crippen LogP contribution in [0.4, 0.5) is 0 Å². The minimum Gasteiger partial charge on any atom is -0.469 e. The maximum absolute atomic E-state index is 13.5. The molecule has 2 aromatic rings. The van der Waals surface area contributed by atoms with Crippen LogP contribution in [-0.2, 0) is 25.7 Å². The quantitative estimate of drug-likeness (QED) is 0.717. The Kier molecular flexibility index (Phi) is 4.85. The van der Waals surface area contributed by atoms with Crippen LogP contribution in [0.25, 0.3) is 16.3 Å². The summed E-state index contributed by atoms with van der Waals surface area (Å²) in [6.45, 7) is 1.69. The van der Waals surface area contributed by atoms with Crippen LogP contribution in [-0.4, -0.2) is 47.8 Å². The average Bonchev–Trinajstić information content (AvgIpc) is 3.05. The van der Waals surface area contributed by atoms with E-state index in [1.54, 1.807) is 4.90 Å². The molecule has 4 aliphatic heterocycles. The standard InChI is InChI=1S/C25H24N2O4/c1-31-22(28)11-9-17-6-4-13-27(24(17)29)23-20-12-14-26(25(23)30)15-21-18-7-3-2-5-16(18)8-10-19(20)21/h2-3,5-8,10H,4,9,11-15H2,1H3. The van der Waals surface area contributed by atoms with Gasteiger partial charge in [0.05, 0.1) is 7.11 Å². The molecule has 0 saturated heterocycles. The van der Waals surface area contributed by atoms with Crippen molar-refractivity contribution >= 4 is 34.1 Å². The Labute approximate surface area is 180 Å². The highest BCUT2D eigenvalue weighted by molar-refractivity contribution is 6.10. The fourth-order valence-electron chi connectivity index (χ4n) is 4.91. The van der Waals surface area contributed by atoms with Crippen molar-refractivity contribution in [3.63, 3.8) is 0 Å². The molecule has 6 nitrogen and oxygen atoms in total. The molecule has 0 fully saturated rings. The van der Waals surface area contributed by atoms with Gasteiger partial charge in [0.25, 0.3) is 11.8 Å². The molecule has 0 aliphatic carbocycles. The second-order valence-corrected chi connectivity index (χ2v) is 8.17.